The molecule has 1 heterocycles. The molecule has 0 aliphatic heterocycles. The van der Waals surface area contributed by atoms with Gasteiger partial charge in [-0.1, -0.05) is 12.1 Å². The lowest BCUT2D eigenvalue weighted by atomic mass is 10.2. The highest BCUT2D eigenvalue weighted by Gasteiger charge is 2.04. The topological polar surface area (TPSA) is 62.5 Å². The Hall–Kier alpha value is -1.97. The van der Waals surface area contributed by atoms with Crippen LogP contribution in [0.25, 0.3) is 11.0 Å². The van der Waals surface area contributed by atoms with E-state index in [0.717, 1.165) is 16.7 Å². The van der Waals surface area contributed by atoms with Gasteiger partial charge in [0.25, 0.3) is 0 Å². The monoisotopic (exact) mass is 205 g/mol. The highest BCUT2D eigenvalue weighted by atomic mass is 16.4. The quantitative estimate of drug-likeness (QED) is 0.804. The second-order valence-electron chi connectivity index (χ2n) is 3.22. The second-order valence-corrected chi connectivity index (χ2v) is 3.22. The van der Waals surface area contributed by atoms with Gasteiger partial charge in [-0.2, -0.15) is 0 Å². The van der Waals surface area contributed by atoms with Gasteiger partial charge in [0.1, 0.15) is 11.8 Å². The lowest BCUT2D eigenvalue weighted by Gasteiger charge is -2.00. The van der Waals surface area contributed by atoms with E-state index in [4.69, 9.17) is 9.52 Å². The van der Waals surface area contributed by atoms with Gasteiger partial charge in [-0.25, -0.2) is 0 Å². The number of rotatable bonds is 4. The zero-order valence-electron chi connectivity index (χ0n) is 8.06. The molecule has 0 fully saturated rings. The van der Waals surface area contributed by atoms with Crippen LogP contribution in [0.5, 0.6) is 0 Å². The molecule has 0 radical (unpaired) electrons. The van der Waals surface area contributed by atoms with E-state index in [0.29, 0.717) is 6.54 Å². The van der Waals surface area contributed by atoms with Crippen LogP contribution in [0.15, 0.2) is 34.9 Å². The molecule has 2 aromatic rings. The van der Waals surface area contributed by atoms with Gasteiger partial charge < -0.3 is 14.8 Å². The average Bonchev–Trinajstić information content (AvgIpc) is 2.62. The van der Waals surface area contributed by atoms with Crippen LogP contribution in [0, 0.1) is 0 Å². The summed E-state index contributed by atoms with van der Waals surface area (Å²) in [6, 6.07) is 7.62. The minimum Gasteiger partial charge on any atom is -0.481 e. The van der Waals surface area contributed by atoms with E-state index in [1.54, 1.807) is 6.26 Å². The van der Waals surface area contributed by atoms with Gasteiger partial charge >= 0.3 is 5.97 Å². The van der Waals surface area contributed by atoms with Crippen LogP contribution in [0.4, 0.5) is 5.69 Å². The third kappa shape index (κ3) is 2.10. The molecule has 0 saturated carbocycles. The zero-order valence-corrected chi connectivity index (χ0v) is 8.06. The molecule has 0 unspecified atom stereocenters. The molecule has 0 spiro atoms. The summed E-state index contributed by atoms with van der Waals surface area (Å²) in [7, 11) is 0. The van der Waals surface area contributed by atoms with Crippen LogP contribution >= 0.6 is 0 Å². The van der Waals surface area contributed by atoms with Crippen molar-refractivity contribution in [2.24, 2.45) is 0 Å². The lowest BCUT2D eigenvalue weighted by Crippen LogP contribution is -2.06. The number of carbonyl (C=O) groups is 1. The van der Waals surface area contributed by atoms with Crippen LogP contribution in [0.1, 0.15) is 6.42 Å². The number of nitrogens with one attached hydrogen (secondary N) is 1. The smallest absolute Gasteiger partial charge is 0.305 e. The van der Waals surface area contributed by atoms with Gasteiger partial charge in [-0.15, -0.1) is 0 Å². The highest BCUT2D eigenvalue weighted by molar-refractivity contribution is 5.90. The minimum absolute atomic E-state index is 0.0967. The number of fused-ring (bicyclic) bond motifs is 1. The number of anilines is 1. The molecule has 4 nitrogen and oxygen atoms in total. The van der Waals surface area contributed by atoms with Crippen LogP contribution < -0.4 is 5.32 Å². The Balaban J connectivity index is 2.11. The van der Waals surface area contributed by atoms with Crippen LogP contribution in [-0.4, -0.2) is 17.6 Å². The van der Waals surface area contributed by atoms with Crippen molar-refractivity contribution in [1.29, 1.82) is 0 Å². The molecule has 2 rings (SSSR count). The van der Waals surface area contributed by atoms with Crippen molar-refractivity contribution in [1.82, 2.24) is 0 Å². The van der Waals surface area contributed by atoms with E-state index in [9.17, 15) is 4.79 Å². The third-order valence-corrected chi connectivity index (χ3v) is 2.14. The maximum Gasteiger partial charge on any atom is 0.305 e. The van der Waals surface area contributed by atoms with Gasteiger partial charge in [0.05, 0.1) is 12.1 Å². The number of hydrogen-bond acceptors (Lipinski definition) is 3. The summed E-state index contributed by atoms with van der Waals surface area (Å²) >= 11 is 0. The van der Waals surface area contributed by atoms with Crippen molar-refractivity contribution < 1.29 is 14.3 Å². The predicted octanol–water partition coefficient (Wildman–Crippen LogP) is 2.32. The average molecular weight is 205 g/mol. The van der Waals surface area contributed by atoms with E-state index in [1.165, 1.54) is 0 Å². The molecule has 0 bridgehead atoms. The first-order chi connectivity index (χ1) is 7.27. The van der Waals surface area contributed by atoms with Crippen molar-refractivity contribution in [3.63, 3.8) is 0 Å². The Morgan fingerprint density at radius 3 is 3.00 bits per heavy atom. The Bertz CT molecular complexity index is 475. The minimum atomic E-state index is -0.810. The molecular weight excluding hydrogens is 194 g/mol. The fraction of sp³-hybridized carbons (Fsp3) is 0.182. The largest absolute Gasteiger partial charge is 0.481 e. The van der Waals surface area contributed by atoms with E-state index < -0.39 is 5.97 Å². The Morgan fingerprint density at radius 1 is 1.40 bits per heavy atom. The van der Waals surface area contributed by atoms with Gasteiger partial charge in [0.2, 0.25) is 0 Å². The second kappa shape index (κ2) is 4.04. The van der Waals surface area contributed by atoms with E-state index in [-0.39, 0.29) is 6.42 Å². The summed E-state index contributed by atoms with van der Waals surface area (Å²) < 4.78 is 5.30. The summed E-state index contributed by atoms with van der Waals surface area (Å²) in [6.07, 6.45) is 1.70. The number of carboxylic acids is 1. The zero-order chi connectivity index (χ0) is 10.7. The van der Waals surface area contributed by atoms with Gasteiger partial charge in [0.15, 0.2) is 0 Å². The van der Waals surface area contributed by atoms with Crippen molar-refractivity contribution >= 4 is 22.6 Å². The van der Waals surface area contributed by atoms with Crippen molar-refractivity contribution in [2.45, 2.75) is 6.42 Å². The van der Waals surface area contributed by atoms with E-state index in [1.807, 2.05) is 24.3 Å². The maximum atomic E-state index is 10.3. The van der Waals surface area contributed by atoms with E-state index >= 15 is 0 Å². The maximum absolute atomic E-state index is 10.3. The van der Waals surface area contributed by atoms with Crippen molar-refractivity contribution in [3.05, 3.63) is 30.5 Å². The Morgan fingerprint density at radius 2 is 2.20 bits per heavy atom. The number of benzene rings is 1. The number of para-hydroxylation sites is 1. The summed E-state index contributed by atoms with van der Waals surface area (Å²) in [4.78, 5) is 10.3. The molecule has 0 saturated heterocycles. The number of hydrogen-bond donors (Lipinski definition) is 2. The van der Waals surface area contributed by atoms with Crippen LogP contribution in [-0.2, 0) is 4.79 Å². The van der Waals surface area contributed by atoms with Crippen LogP contribution in [0.3, 0.4) is 0 Å². The summed E-state index contributed by atoms with van der Waals surface area (Å²) in [5.74, 6) is -0.810. The molecule has 1 aromatic heterocycles. The Kier molecular flexibility index (Phi) is 2.58. The van der Waals surface area contributed by atoms with Crippen LogP contribution in [0.2, 0.25) is 0 Å². The number of carboxylic acid groups (broad SMARTS) is 1. The molecule has 78 valence electrons. The molecule has 2 N–H and O–H groups in total. The number of aliphatic carboxylic acids is 1. The number of furan rings is 1. The van der Waals surface area contributed by atoms with Crippen molar-refractivity contribution in [3.8, 4) is 0 Å². The molecule has 0 atom stereocenters. The third-order valence-electron chi connectivity index (χ3n) is 2.14. The predicted molar refractivity (Wildman–Crippen MR) is 57.0 cm³/mol. The molecular formula is C11H11NO3. The standard InChI is InChI=1S/C11H11NO3/c13-11(14)5-6-12-9-7-15-10-4-2-1-3-8(9)10/h1-4,7,12H,5-6H2,(H,13,14). The molecule has 0 aliphatic rings. The summed E-state index contributed by atoms with van der Waals surface area (Å²) in [5.41, 5.74) is 1.64. The van der Waals surface area contributed by atoms with E-state index in [2.05, 4.69) is 5.32 Å². The molecule has 0 amide bonds. The summed E-state index contributed by atoms with van der Waals surface area (Å²) in [6.45, 7) is 0.402. The first kappa shape index (κ1) is 9.58. The Labute approximate surface area is 86.5 Å². The molecule has 4 heteroatoms. The SMILES string of the molecule is O=C(O)CCNc1coc2ccccc12. The lowest BCUT2D eigenvalue weighted by molar-refractivity contribution is -0.136. The fourth-order valence-corrected chi connectivity index (χ4v) is 1.42. The molecule has 15 heavy (non-hydrogen) atoms. The first-order valence-corrected chi connectivity index (χ1v) is 4.69. The highest BCUT2D eigenvalue weighted by Crippen LogP contribution is 2.24. The van der Waals surface area contributed by atoms with Gasteiger partial charge in [-0.3, -0.25) is 4.79 Å². The first-order valence-electron chi connectivity index (χ1n) is 4.69. The molecule has 1 aromatic carbocycles. The normalized spacial score (nSPS) is 10.4. The van der Waals surface area contributed by atoms with Gasteiger partial charge in [-0.05, 0) is 12.1 Å². The van der Waals surface area contributed by atoms with Gasteiger partial charge in [0, 0.05) is 11.9 Å². The molecule has 0 aliphatic carbocycles. The fourth-order valence-electron chi connectivity index (χ4n) is 1.42. The van der Waals surface area contributed by atoms with Crippen molar-refractivity contribution in [2.75, 3.05) is 11.9 Å². The summed E-state index contributed by atoms with van der Waals surface area (Å²) in [5, 5.41) is 12.5.